The second-order valence-electron chi connectivity index (χ2n) is 6.82. The SMILES string of the molecule is CCN(CC(=O)NC)C1(CC(=O)O)CN(C(=O)OC(C)(C)C)C1. The first-order valence-corrected chi connectivity index (χ1v) is 7.68. The summed E-state index contributed by atoms with van der Waals surface area (Å²) in [5, 5.41) is 11.7. The Morgan fingerprint density at radius 1 is 1.30 bits per heavy atom. The smallest absolute Gasteiger partial charge is 0.410 e. The van der Waals surface area contributed by atoms with E-state index in [-0.39, 0.29) is 32.0 Å². The zero-order chi connectivity index (χ0) is 17.8. The molecule has 0 unspecified atom stereocenters. The lowest BCUT2D eigenvalue weighted by molar-refractivity contribution is -0.147. The maximum absolute atomic E-state index is 12.1. The van der Waals surface area contributed by atoms with Crippen molar-refractivity contribution in [2.45, 2.75) is 45.3 Å². The topological polar surface area (TPSA) is 99.2 Å². The average molecular weight is 329 g/mol. The van der Waals surface area contributed by atoms with Gasteiger partial charge >= 0.3 is 12.1 Å². The quantitative estimate of drug-likeness (QED) is 0.737. The van der Waals surface area contributed by atoms with E-state index in [1.807, 2.05) is 6.92 Å². The number of carbonyl (C=O) groups is 3. The number of nitrogens with zero attached hydrogens (tertiary/aromatic N) is 2. The van der Waals surface area contributed by atoms with Crippen LogP contribution in [0.5, 0.6) is 0 Å². The lowest BCUT2D eigenvalue weighted by Crippen LogP contribution is -2.72. The third-order valence-electron chi connectivity index (χ3n) is 3.77. The van der Waals surface area contributed by atoms with E-state index in [2.05, 4.69) is 5.32 Å². The number of hydrogen-bond acceptors (Lipinski definition) is 5. The molecule has 0 bridgehead atoms. The maximum atomic E-state index is 12.1. The number of carboxylic acid groups (broad SMARTS) is 1. The highest BCUT2D eigenvalue weighted by Crippen LogP contribution is 2.32. The fraction of sp³-hybridized carbons (Fsp3) is 0.800. The fourth-order valence-corrected chi connectivity index (χ4v) is 2.69. The van der Waals surface area contributed by atoms with Crippen LogP contribution in [0.1, 0.15) is 34.1 Å². The minimum absolute atomic E-state index is 0.0996. The molecule has 1 aliphatic rings. The Kier molecular flexibility index (Phi) is 5.98. The molecule has 0 radical (unpaired) electrons. The molecule has 0 atom stereocenters. The van der Waals surface area contributed by atoms with Gasteiger partial charge in [-0.2, -0.15) is 0 Å². The Hall–Kier alpha value is -1.83. The van der Waals surface area contributed by atoms with E-state index in [1.54, 1.807) is 25.7 Å². The van der Waals surface area contributed by atoms with Crippen LogP contribution in [0.4, 0.5) is 4.79 Å². The molecule has 2 N–H and O–H groups in total. The van der Waals surface area contributed by atoms with Crippen molar-refractivity contribution in [1.82, 2.24) is 15.1 Å². The number of amides is 2. The van der Waals surface area contributed by atoms with Crippen LogP contribution in [0.3, 0.4) is 0 Å². The summed E-state index contributed by atoms with van der Waals surface area (Å²) in [7, 11) is 1.54. The summed E-state index contributed by atoms with van der Waals surface area (Å²) in [5.41, 5.74) is -1.33. The summed E-state index contributed by atoms with van der Waals surface area (Å²) < 4.78 is 5.30. The van der Waals surface area contributed by atoms with Crippen LogP contribution in [0, 0.1) is 0 Å². The highest BCUT2D eigenvalue weighted by molar-refractivity contribution is 5.78. The van der Waals surface area contributed by atoms with Gasteiger partial charge in [-0.05, 0) is 27.3 Å². The summed E-state index contributed by atoms with van der Waals surface area (Å²) in [6.07, 6.45) is -0.591. The van der Waals surface area contributed by atoms with Crippen LogP contribution in [0.2, 0.25) is 0 Å². The number of likely N-dealkylation sites (tertiary alicyclic amines) is 1. The second-order valence-corrected chi connectivity index (χ2v) is 6.82. The third-order valence-corrected chi connectivity index (χ3v) is 3.77. The molecule has 1 aliphatic heterocycles. The van der Waals surface area contributed by atoms with Crippen LogP contribution >= 0.6 is 0 Å². The lowest BCUT2D eigenvalue weighted by Gasteiger charge is -2.54. The first-order chi connectivity index (χ1) is 10.5. The molecule has 23 heavy (non-hydrogen) atoms. The first-order valence-electron chi connectivity index (χ1n) is 7.68. The molecule has 1 saturated heterocycles. The molecule has 0 aromatic heterocycles. The molecule has 0 aromatic rings. The van der Waals surface area contributed by atoms with E-state index in [0.29, 0.717) is 6.54 Å². The van der Waals surface area contributed by atoms with Crippen molar-refractivity contribution in [2.24, 2.45) is 0 Å². The first kappa shape index (κ1) is 19.2. The fourth-order valence-electron chi connectivity index (χ4n) is 2.69. The van der Waals surface area contributed by atoms with Gasteiger partial charge in [-0.15, -0.1) is 0 Å². The van der Waals surface area contributed by atoms with Crippen molar-refractivity contribution in [1.29, 1.82) is 0 Å². The lowest BCUT2D eigenvalue weighted by atomic mass is 9.84. The number of nitrogens with one attached hydrogen (secondary N) is 1. The Labute approximate surface area is 136 Å². The van der Waals surface area contributed by atoms with Gasteiger partial charge in [0.05, 0.1) is 18.5 Å². The molecular weight excluding hydrogens is 302 g/mol. The second kappa shape index (κ2) is 7.16. The van der Waals surface area contributed by atoms with Gasteiger partial charge in [0.25, 0.3) is 0 Å². The van der Waals surface area contributed by atoms with E-state index in [9.17, 15) is 19.5 Å². The van der Waals surface area contributed by atoms with E-state index in [1.165, 1.54) is 11.9 Å². The Bertz CT molecular complexity index is 466. The number of ether oxygens (including phenoxy) is 1. The molecule has 0 aromatic carbocycles. The van der Waals surface area contributed by atoms with Gasteiger partial charge in [-0.25, -0.2) is 4.79 Å². The molecular formula is C15H27N3O5. The molecule has 132 valence electrons. The zero-order valence-corrected chi connectivity index (χ0v) is 14.5. The molecule has 0 spiro atoms. The Morgan fingerprint density at radius 3 is 2.26 bits per heavy atom. The molecule has 2 amide bonds. The predicted octanol–water partition coefficient (Wildman–Crippen LogP) is 0.519. The molecule has 1 heterocycles. The predicted molar refractivity (Wildman–Crippen MR) is 84.1 cm³/mol. The number of likely N-dealkylation sites (N-methyl/N-ethyl adjacent to an activating group) is 2. The van der Waals surface area contributed by atoms with E-state index in [0.717, 1.165) is 0 Å². The van der Waals surface area contributed by atoms with E-state index in [4.69, 9.17) is 4.74 Å². The van der Waals surface area contributed by atoms with Crippen LogP contribution in [-0.2, 0) is 14.3 Å². The van der Waals surface area contributed by atoms with E-state index < -0.39 is 23.2 Å². The largest absolute Gasteiger partial charge is 0.481 e. The standard InChI is InChI=1S/C15H27N3O5/c1-6-18(8-11(19)16-5)15(7-12(20)21)9-17(10-15)13(22)23-14(2,3)4/h6-10H2,1-5H3,(H,16,19)(H,20,21). The van der Waals surface area contributed by atoms with E-state index >= 15 is 0 Å². The van der Waals surface area contributed by atoms with Gasteiger partial charge < -0.3 is 20.1 Å². The molecule has 1 fully saturated rings. The number of aliphatic carboxylic acids is 1. The third kappa shape index (κ3) is 5.09. The highest BCUT2D eigenvalue weighted by atomic mass is 16.6. The van der Waals surface area contributed by atoms with Gasteiger partial charge in [0.2, 0.25) is 5.91 Å². The van der Waals surface area contributed by atoms with Gasteiger partial charge in [0.15, 0.2) is 0 Å². The Morgan fingerprint density at radius 2 is 1.87 bits per heavy atom. The van der Waals surface area contributed by atoms with Gasteiger partial charge in [-0.1, -0.05) is 6.92 Å². The summed E-state index contributed by atoms with van der Waals surface area (Å²) in [4.78, 5) is 38.2. The minimum Gasteiger partial charge on any atom is -0.481 e. The summed E-state index contributed by atoms with van der Waals surface area (Å²) in [6.45, 7) is 8.28. The van der Waals surface area contributed by atoms with Crippen molar-refractivity contribution in [2.75, 3.05) is 33.2 Å². The van der Waals surface area contributed by atoms with Crippen molar-refractivity contribution in [3.05, 3.63) is 0 Å². The number of carboxylic acids is 1. The molecule has 1 rings (SSSR count). The minimum atomic E-state index is -0.954. The summed E-state index contributed by atoms with van der Waals surface area (Å²) in [5.74, 6) is -1.14. The van der Waals surface area contributed by atoms with Crippen molar-refractivity contribution < 1.29 is 24.2 Å². The molecule has 0 aliphatic carbocycles. The zero-order valence-electron chi connectivity index (χ0n) is 14.5. The number of carbonyl (C=O) groups excluding carboxylic acids is 2. The Balaban J connectivity index is 2.81. The number of hydrogen-bond donors (Lipinski definition) is 2. The van der Waals surface area contributed by atoms with Crippen LogP contribution in [0.15, 0.2) is 0 Å². The highest BCUT2D eigenvalue weighted by Gasteiger charge is 2.51. The molecule has 8 heteroatoms. The van der Waals surface area contributed by atoms with Crippen molar-refractivity contribution in [3.63, 3.8) is 0 Å². The van der Waals surface area contributed by atoms with Gasteiger partial charge in [0.1, 0.15) is 5.60 Å². The summed E-state index contributed by atoms with van der Waals surface area (Å²) in [6, 6.07) is 0. The van der Waals surface area contributed by atoms with Crippen LogP contribution in [0.25, 0.3) is 0 Å². The molecule has 8 nitrogen and oxygen atoms in total. The maximum Gasteiger partial charge on any atom is 0.410 e. The monoisotopic (exact) mass is 329 g/mol. The van der Waals surface area contributed by atoms with Gasteiger partial charge in [-0.3, -0.25) is 14.5 Å². The molecule has 0 saturated carbocycles. The van der Waals surface area contributed by atoms with Crippen molar-refractivity contribution >= 4 is 18.0 Å². The summed E-state index contributed by atoms with van der Waals surface area (Å²) >= 11 is 0. The average Bonchev–Trinajstić information content (AvgIpc) is 2.37. The normalized spacial score (nSPS) is 16.7. The number of rotatable bonds is 6. The van der Waals surface area contributed by atoms with Crippen molar-refractivity contribution in [3.8, 4) is 0 Å². The van der Waals surface area contributed by atoms with Gasteiger partial charge in [0, 0.05) is 20.1 Å². The van der Waals surface area contributed by atoms with Crippen LogP contribution < -0.4 is 5.32 Å². The van der Waals surface area contributed by atoms with Crippen LogP contribution in [-0.4, -0.2) is 77.2 Å².